The van der Waals surface area contributed by atoms with Crippen molar-refractivity contribution in [3.05, 3.63) is 71.8 Å². The molecule has 8 nitrogen and oxygen atoms in total. The summed E-state index contributed by atoms with van der Waals surface area (Å²) in [5, 5.41) is 2.95. The minimum atomic E-state index is -0.871. The normalized spacial score (nSPS) is 27.5. The van der Waals surface area contributed by atoms with E-state index in [1.54, 1.807) is 0 Å². The molecule has 0 radical (unpaired) electrons. The van der Waals surface area contributed by atoms with Gasteiger partial charge >= 0.3 is 12.1 Å². The van der Waals surface area contributed by atoms with Crippen LogP contribution in [0.5, 0.6) is 0 Å². The van der Waals surface area contributed by atoms with Crippen LogP contribution in [0.4, 0.5) is 4.79 Å². The second-order valence-corrected chi connectivity index (χ2v) is 24.6. The van der Waals surface area contributed by atoms with Crippen LogP contribution < -0.4 is 5.32 Å². The number of carbonyl (C=O) groups excluding carboxylic acids is 2. The number of fused-ring (bicyclic) bond motifs is 5. The van der Waals surface area contributed by atoms with Crippen molar-refractivity contribution in [2.75, 3.05) is 46.1 Å². The number of hydrogen-bond donors (Lipinski definition) is 1. The number of alkyl carbamates (subject to hydrolysis) is 1. The van der Waals surface area contributed by atoms with Gasteiger partial charge in [0.25, 0.3) is 0 Å². The van der Waals surface area contributed by atoms with Gasteiger partial charge in [0.15, 0.2) is 0 Å². The summed E-state index contributed by atoms with van der Waals surface area (Å²) in [5.41, 5.74) is 3.09. The number of hydrogen-bond acceptors (Lipinski definition) is 7. The van der Waals surface area contributed by atoms with Crippen LogP contribution in [0.2, 0.25) is 0 Å². The Balaban J connectivity index is 0.914. The summed E-state index contributed by atoms with van der Waals surface area (Å²) in [7, 11) is 0. The molecule has 4 fully saturated rings. The van der Waals surface area contributed by atoms with Gasteiger partial charge in [-0.1, -0.05) is 172 Å². The minimum Gasteiger partial charge on any atom is -0.462 e. The summed E-state index contributed by atoms with van der Waals surface area (Å²) in [5.74, 6) is 4.30. The number of nitrogens with zero attached hydrogens (tertiary/aromatic N) is 1. The minimum absolute atomic E-state index is 0.0939. The number of unbranched alkanes of at least 4 members (excludes halogenated alkanes) is 9. The molecule has 1 aromatic rings. The molecule has 1 saturated heterocycles. The lowest BCUT2D eigenvalue weighted by Gasteiger charge is -2.58. The van der Waals surface area contributed by atoms with Crippen molar-refractivity contribution < 1.29 is 28.5 Å². The largest absolute Gasteiger partial charge is 0.462 e. The lowest BCUT2D eigenvalue weighted by atomic mass is 9.47. The third kappa shape index (κ3) is 18.9. The first-order valence-corrected chi connectivity index (χ1v) is 30.6. The summed E-state index contributed by atoms with van der Waals surface area (Å²) in [6.45, 7) is 19.4. The molecule has 3 saturated carbocycles. The van der Waals surface area contributed by atoms with Crippen LogP contribution in [0, 0.1) is 46.3 Å². The molecule has 6 rings (SSSR count). The maximum atomic E-state index is 13.8. The van der Waals surface area contributed by atoms with Gasteiger partial charge in [0.2, 0.25) is 0 Å². The van der Waals surface area contributed by atoms with E-state index in [4.69, 9.17) is 18.9 Å². The monoisotopic (exact) mass is 1010 g/mol. The number of allylic oxidation sites excluding steroid dienone is 5. The molecular formula is C65H106N2O6. The number of nitrogens with one attached hydrogen (secondary N) is 1. The van der Waals surface area contributed by atoms with E-state index in [0.29, 0.717) is 24.4 Å². The second-order valence-electron chi connectivity index (χ2n) is 24.6. The van der Waals surface area contributed by atoms with E-state index in [1.165, 1.54) is 140 Å². The highest BCUT2D eigenvalue weighted by Gasteiger charge is 2.59. The highest BCUT2D eigenvalue weighted by Crippen LogP contribution is 2.67. The van der Waals surface area contributed by atoms with E-state index < -0.39 is 18.1 Å². The molecule has 73 heavy (non-hydrogen) atoms. The van der Waals surface area contributed by atoms with Gasteiger partial charge in [-0.25, -0.2) is 9.59 Å². The van der Waals surface area contributed by atoms with Crippen LogP contribution in [0.3, 0.4) is 0 Å². The molecule has 1 aliphatic heterocycles. The zero-order valence-electron chi connectivity index (χ0n) is 47.4. The molecule has 412 valence electrons. The van der Waals surface area contributed by atoms with Gasteiger partial charge in [-0.2, -0.15) is 0 Å². The summed E-state index contributed by atoms with van der Waals surface area (Å²) >= 11 is 0. The van der Waals surface area contributed by atoms with Crippen molar-refractivity contribution in [2.45, 2.75) is 233 Å². The Morgan fingerprint density at radius 3 is 2.27 bits per heavy atom. The molecule has 10 atom stereocenters. The van der Waals surface area contributed by atoms with E-state index in [-0.39, 0.29) is 30.8 Å². The number of ether oxygens (including phenoxy) is 4. The molecular weight excluding hydrogens is 905 g/mol. The average Bonchev–Trinajstić information content (AvgIpc) is 3.74. The number of benzene rings is 1. The topological polar surface area (TPSA) is 86.3 Å². The Labute approximate surface area is 446 Å². The molecule has 0 spiro atoms. The molecule has 1 heterocycles. The molecule has 1 amide bonds. The highest BCUT2D eigenvalue weighted by atomic mass is 16.6. The maximum Gasteiger partial charge on any atom is 0.408 e. The first-order valence-electron chi connectivity index (χ1n) is 30.6. The first-order chi connectivity index (χ1) is 35.5. The second kappa shape index (κ2) is 32.0. The van der Waals surface area contributed by atoms with Crippen LogP contribution in [0.25, 0.3) is 0 Å². The third-order valence-corrected chi connectivity index (χ3v) is 18.8. The van der Waals surface area contributed by atoms with Gasteiger partial charge in [-0.05, 0) is 161 Å². The van der Waals surface area contributed by atoms with Crippen molar-refractivity contribution in [1.29, 1.82) is 0 Å². The summed E-state index contributed by atoms with van der Waals surface area (Å²) in [6.07, 6.45) is 43.3. The molecule has 8 heteroatoms. The van der Waals surface area contributed by atoms with Crippen molar-refractivity contribution in [3.63, 3.8) is 0 Å². The van der Waals surface area contributed by atoms with E-state index in [0.717, 1.165) is 93.5 Å². The van der Waals surface area contributed by atoms with Gasteiger partial charge < -0.3 is 29.2 Å². The molecule has 0 aromatic heterocycles. The van der Waals surface area contributed by atoms with Crippen LogP contribution in [-0.4, -0.2) is 81.3 Å². The SMILES string of the molecule is CCCCC/C=C\C/C=C\CCCCCCCCOCC(CN1CCCCC1)OCCOC(=O)C(Cc1ccccc1)NC(=O)OC1CCC2(C)C(=CCC3[C@@H]2CCC2(C)C([C@@H](C)CCCC(C)C)CC[C@@H]32)C1. The molecule has 4 aliphatic carbocycles. The number of esters is 1. The Kier molecular flexibility index (Phi) is 26.0. The van der Waals surface area contributed by atoms with Crippen molar-refractivity contribution in [3.8, 4) is 0 Å². The van der Waals surface area contributed by atoms with Crippen LogP contribution in [0.1, 0.15) is 214 Å². The van der Waals surface area contributed by atoms with E-state index in [1.807, 2.05) is 30.3 Å². The highest BCUT2D eigenvalue weighted by molar-refractivity contribution is 5.81. The van der Waals surface area contributed by atoms with E-state index in [2.05, 4.69) is 82.1 Å². The number of carbonyl (C=O) groups is 2. The molecule has 0 bridgehead atoms. The zero-order chi connectivity index (χ0) is 51.7. The number of amides is 1. The van der Waals surface area contributed by atoms with Crippen LogP contribution in [-0.2, 0) is 30.2 Å². The number of piperidine rings is 1. The standard InChI is InChI=1S/C65H106N2O6/c1-7-8-9-10-11-12-13-14-15-16-17-18-19-20-21-28-44-70-50-56(49-67-42-26-23-27-43-67)71-45-46-72-62(68)61(47-53-32-24-22-25-33-53)66-63(69)73-55-38-40-64(5)54(48-55)34-35-57-59-37-36-58(52(4)31-29-30-51(2)3)65(59,6)41-39-60(57)64/h11-12,14-15,22,24-25,32-34,51-52,55-61H,7-10,13,16-21,23,26-31,35-50H2,1-6H3,(H,66,69)/b12-11-,15-14-/t52-,55?,56?,57?,58?,59-,60-,61?,64?,65?/m0/s1. The first kappa shape index (κ1) is 59.3. The Morgan fingerprint density at radius 2 is 1.52 bits per heavy atom. The fraction of sp³-hybridized carbons (Fsp3) is 0.785. The van der Waals surface area contributed by atoms with Crippen molar-refractivity contribution >= 4 is 12.1 Å². The van der Waals surface area contributed by atoms with E-state index >= 15 is 0 Å². The van der Waals surface area contributed by atoms with Gasteiger partial charge in [0, 0.05) is 26.0 Å². The predicted octanol–water partition coefficient (Wildman–Crippen LogP) is 16.0. The predicted molar refractivity (Wildman–Crippen MR) is 302 cm³/mol. The molecule has 1 aromatic carbocycles. The van der Waals surface area contributed by atoms with Crippen molar-refractivity contribution in [2.24, 2.45) is 46.3 Å². The van der Waals surface area contributed by atoms with Crippen LogP contribution >= 0.6 is 0 Å². The van der Waals surface area contributed by atoms with Crippen molar-refractivity contribution in [1.82, 2.24) is 10.2 Å². The number of rotatable bonds is 33. The fourth-order valence-electron chi connectivity index (χ4n) is 14.6. The Hall–Kier alpha value is -2.94. The summed E-state index contributed by atoms with van der Waals surface area (Å²) < 4.78 is 24.7. The lowest BCUT2D eigenvalue weighted by Crippen LogP contribution is -2.51. The van der Waals surface area contributed by atoms with Gasteiger partial charge in [-0.3, -0.25) is 0 Å². The molecule has 5 aliphatic rings. The zero-order valence-corrected chi connectivity index (χ0v) is 47.4. The van der Waals surface area contributed by atoms with Gasteiger partial charge in [0.05, 0.1) is 19.3 Å². The van der Waals surface area contributed by atoms with Crippen LogP contribution in [0.15, 0.2) is 66.3 Å². The summed E-state index contributed by atoms with van der Waals surface area (Å²) in [6, 6.07) is 8.97. The summed E-state index contributed by atoms with van der Waals surface area (Å²) in [4.78, 5) is 30.0. The van der Waals surface area contributed by atoms with Gasteiger partial charge in [0.1, 0.15) is 18.8 Å². The third-order valence-electron chi connectivity index (χ3n) is 18.8. The number of likely N-dealkylation sites (tertiary alicyclic amines) is 1. The van der Waals surface area contributed by atoms with E-state index in [9.17, 15) is 9.59 Å². The molecule has 7 unspecified atom stereocenters. The quantitative estimate of drug-likeness (QED) is 0.0426. The smallest absolute Gasteiger partial charge is 0.408 e. The lowest BCUT2D eigenvalue weighted by molar-refractivity contribution is -0.149. The Morgan fingerprint density at radius 1 is 0.781 bits per heavy atom. The maximum absolute atomic E-state index is 13.8. The Bertz CT molecular complexity index is 1810. The fourth-order valence-corrected chi connectivity index (χ4v) is 14.6. The molecule has 1 N–H and O–H groups in total. The van der Waals surface area contributed by atoms with Gasteiger partial charge in [-0.15, -0.1) is 0 Å². The average molecular weight is 1010 g/mol.